The van der Waals surface area contributed by atoms with Crippen LogP contribution in [0, 0.1) is 6.92 Å². The molecule has 0 saturated heterocycles. The van der Waals surface area contributed by atoms with E-state index >= 15 is 0 Å². The zero-order valence-electron chi connectivity index (χ0n) is 27.3. The summed E-state index contributed by atoms with van der Waals surface area (Å²) in [7, 11) is -2.63. The summed E-state index contributed by atoms with van der Waals surface area (Å²) in [5.41, 5.74) is 2.80. The monoisotopic (exact) mass is 687 g/mol. The van der Waals surface area contributed by atoms with Gasteiger partial charge in [0.15, 0.2) is 0 Å². The molecule has 0 radical (unpaired) electrons. The molecule has 5 rings (SSSR count). The van der Waals surface area contributed by atoms with E-state index in [9.17, 15) is 18.0 Å². The number of anilines is 1. The zero-order valence-corrected chi connectivity index (χ0v) is 28.9. The molecule has 8 nitrogen and oxygen atoms in total. The van der Waals surface area contributed by atoms with Gasteiger partial charge in [0, 0.05) is 24.0 Å². The predicted octanol–water partition coefficient (Wildman–Crippen LogP) is 6.94. The minimum absolute atomic E-state index is 0.0192. The zero-order chi connectivity index (χ0) is 34.1. The maximum absolute atomic E-state index is 14.7. The molecule has 1 saturated carbocycles. The Kier molecular flexibility index (Phi) is 11.8. The second-order valence-corrected chi connectivity index (χ2v) is 14.5. The highest BCUT2D eigenvalue weighted by Crippen LogP contribution is 2.27. The number of aryl methyl sites for hydroxylation is 1. The first-order valence-corrected chi connectivity index (χ1v) is 18.1. The molecule has 1 N–H and O–H groups in total. The maximum atomic E-state index is 14.7. The summed E-state index contributed by atoms with van der Waals surface area (Å²) in [5.74, 6) is -0.180. The highest BCUT2D eigenvalue weighted by Gasteiger charge is 2.35. The quantitative estimate of drug-likeness (QED) is 0.164. The molecule has 252 valence electrons. The number of rotatable bonds is 13. The third-order valence-corrected chi connectivity index (χ3v) is 10.8. The Labute approximate surface area is 288 Å². The molecule has 1 atom stereocenters. The number of hydrogen-bond donors (Lipinski definition) is 1. The van der Waals surface area contributed by atoms with Gasteiger partial charge in [-0.05, 0) is 79.4 Å². The molecule has 0 bridgehead atoms. The largest absolute Gasteiger partial charge is 0.497 e. The molecule has 1 unspecified atom stereocenters. The van der Waals surface area contributed by atoms with Crippen molar-refractivity contribution < 1.29 is 22.7 Å². The van der Waals surface area contributed by atoms with Crippen molar-refractivity contribution in [3.63, 3.8) is 0 Å². The summed E-state index contributed by atoms with van der Waals surface area (Å²) in [6.07, 6.45) is 5.22. The van der Waals surface area contributed by atoms with Gasteiger partial charge in [0.25, 0.3) is 10.0 Å². The van der Waals surface area contributed by atoms with Crippen LogP contribution in [0.5, 0.6) is 5.75 Å². The average Bonchev–Trinajstić information content (AvgIpc) is 3.10. The lowest BCUT2D eigenvalue weighted by atomic mass is 9.94. The van der Waals surface area contributed by atoms with Crippen molar-refractivity contribution in [1.29, 1.82) is 0 Å². The van der Waals surface area contributed by atoms with Crippen LogP contribution in [0.2, 0.25) is 5.02 Å². The molecule has 1 fully saturated rings. The highest BCUT2D eigenvalue weighted by atomic mass is 35.5. The Morgan fingerprint density at radius 3 is 2.21 bits per heavy atom. The highest BCUT2D eigenvalue weighted by molar-refractivity contribution is 7.92. The van der Waals surface area contributed by atoms with Gasteiger partial charge in [-0.3, -0.25) is 13.9 Å². The molecular formula is C38H42ClN3O5S. The molecule has 4 aromatic carbocycles. The molecule has 1 aliphatic rings. The molecule has 10 heteroatoms. The van der Waals surface area contributed by atoms with E-state index in [0.29, 0.717) is 10.8 Å². The van der Waals surface area contributed by atoms with Crippen LogP contribution in [-0.4, -0.2) is 50.9 Å². The number of nitrogens with zero attached hydrogens (tertiary/aromatic N) is 2. The fourth-order valence-corrected chi connectivity index (χ4v) is 7.58. The first-order valence-electron chi connectivity index (χ1n) is 16.3. The number of ether oxygens (including phenoxy) is 1. The Hall–Kier alpha value is -4.34. The molecule has 0 spiro atoms. The predicted molar refractivity (Wildman–Crippen MR) is 190 cm³/mol. The normalized spacial score (nSPS) is 14.1. The number of amides is 2. The Morgan fingerprint density at radius 2 is 1.54 bits per heavy atom. The number of benzene rings is 4. The van der Waals surface area contributed by atoms with Crippen LogP contribution in [0.1, 0.15) is 48.8 Å². The van der Waals surface area contributed by atoms with Crippen molar-refractivity contribution in [3.05, 3.63) is 125 Å². The third kappa shape index (κ3) is 8.96. The lowest BCUT2D eigenvalue weighted by Gasteiger charge is -2.35. The van der Waals surface area contributed by atoms with Crippen molar-refractivity contribution >= 4 is 39.1 Å². The lowest BCUT2D eigenvalue weighted by molar-refractivity contribution is -0.140. The minimum atomic E-state index is -4.20. The van der Waals surface area contributed by atoms with E-state index in [1.54, 1.807) is 43.5 Å². The van der Waals surface area contributed by atoms with Crippen LogP contribution in [0.25, 0.3) is 0 Å². The fraction of sp³-hybridized carbons (Fsp3) is 0.316. The van der Waals surface area contributed by atoms with Gasteiger partial charge in [0.2, 0.25) is 11.8 Å². The number of methoxy groups -OCH3 is 1. The van der Waals surface area contributed by atoms with Gasteiger partial charge in [-0.25, -0.2) is 8.42 Å². The number of carbonyl (C=O) groups is 2. The van der Waals surface area contributed by atoms with Gasteiger partial charge in [-0.2, -0.15) is 0 Å². The molecule has 48 heavy (non-hydrogen) atoms. The summed E-state index contributed by atoms with van der Waals surface area (Å²) in [5, 5.41) is 3.66. The van der Waals surface area contributed by atoms with E-state index in [2.05, 4.69) is 5.32 Å². The van der Waals surface area contributed by atoms with E-state index in [-0.39, 0.29) is 35.5 Å². The molecule has 0 aromatic heterocycles. The van der Waals surface area contributed by atoms with E-state index in [1.807, 2.05) is 61.5 Å². The molecule has 0 aliphatic heterocycles. The van der Waals surface area contributed by atoms with Crippen LogP contribution in [0.15, 0.2) is 108 Å². The van der Waals surface area contributed by atoms with Gasteiger partial charge in [0.05, 0.1) is 17.7 Å². The summed E-state index contributed by atoms with van der Waals surface area (Å²) < 4.78 is 35.0. The Bertz CT molecular complexity index is 1780. The van der Waals surface area contributed by atoms with Gasteiger partial charge in [-0.1, -0.05) is 91.0 Å². The molecule has 2 amide bonds. The van der Waals surface area contributed by atoms with E-state index in [4.69, 9.17) is 16.3 Å². The summed E-state index contributed by atoms with van der Waals surface area (Å²) >= 11 is 6.17. The number of nitrogens with one attached hydrogen (secondary N) is 1. The smallest absolute Gasteiger partial charge is 0.264 e. The number of hydrogen-bond acceptors (Lipinski definition) is 5. The van der Waals surface area contributed by atoms with Crippen LogP contribution in [0.4, 0.5) is 5.69 Å². The number of carbonyl (C=O) groups excluding carboxylic acids is 2. The van der Waals surface area contributed by atoms with Crippen molar-refractivity contribution in [2.45, 2.75) is 69.0 Å². The second kappa shape index (κ2) is 16.2. The summed E-state index contributed by atoms with van der Waals surface area (Å²) in [6, 6.07) is 28.8. The van der Waals surface area contributed by atoms with Gasteiger partial charge in [-0.15, -0.1) is 0 Å². The van der Waals surface area contributed by atoms with E-state index in [0.717, 1.165) is 53.1 Å². The van der Waals surface area contributed by atoms with Gasteiger partial charge < -0.3 is 15.0 Å². The SMILES string of the molecule is COc1cccc(CN(C(=O)CN(c2ccc(Cl)cc2)S(=O)(=O)c2ccc(C)cc2)C(Cc2ccccc2)C(=O)NC2CCCCC2)c1. The average molecular weight is 688 g/mol. The van der Waals surface area contributed by atoms with Crippen LogP contribution in [0.3, 0.4) is 0 Å². The minimum Gasteiger partial charge on any atom is -0.497 e. The van der Waals surface area contributed by atoms with E-state index in [1.165, 1.54) is 17.0 Å². The third-order valence-electron chi connectivity index (χ3n) is 8.71. The van der Waals surface area contributed by atoms with Crippen molar-refractivity contribution in [2.24, 2.45) is 0 Å². The maximum Gasteiger partial charge on any atom is 0.264 e. The van der Waals surface area contributed by atoms with Gasteiger partial charge >= 0.3 is 0 Å². The first-order chi connectivity index (χ1) is 23.1. The summed E-state index contributed by atoms with van der Waals surface area (Å²) in [6.45, 7) is 1.40. The number of sulfonamides is 1. The van der Waals surface area contributed by atoms with Crippen LogP contribution < -0.4 is 14.4 Å². The Balaban J connectivity index is 1.57. The first kappa shape index (κ1) is 35.0. The fourth-order valence-electron chi connectivity index (χ4n) is 6.04. The number of halogens is 1. The van der Waals surface area contributed by atoms with Crippen molar-refractivity contribution in [1.82, 2.24) is 10.2 Å². The Morgan fingerprint density at radius 1 is 0.875 bits per heavy atom. The van der Waals surface area contributed by atoms with Crippen LogP contribution >= 0.6 is 11.6 Å². The van der Waals surface area contributed by atoms with Gasteiger partial charge in [0.1, 0.15) is 18.3 Å². The van der Waals surface area contributed by atoms with E-state index < -0.39 is 28.5 Å². The molecular weight excluding hydrogens is 646 g/mol. The van der Waals surface area contributed by atoms with Crippen molar-refractivity contribution in [2.75, 3.05) is 18.0 Å². The molecule has 1 aliphatic carbocycles. The lowest BCUT2D eigenvalue weighted by Crippen LogP contribution is -2.55. The molecule has 4 aromatic rings. The molecule has 0 heterocycles. The second-order valence-electron chi connectivity index (χ2n) is 12.2. The van der Waals surface area contributed by atoms with Crippen molar-refractivity contribution in [3.8, 4) is 5.75 Å². The topological polar surface area (TPSA) is 96.0 Å². The standard InChI is InChI=1S/C38H42ClN3O5S/c1-28-16-22-35(23-17-28)48(45,46)42(33-20-18-31(39)19-21-33)27-37(43)41(26-30-12-9-15-34(24-30)47-2)36(25-29-10-5-3-6-11-29)38(44)40-32-13-7-4-8-14-32/h3,5-6,9-12,15-24,32,36H,4,7-8,13-14,25-27H2,1-2H3,(H,40,44). The van der Waals surface area contributed by atoms with Crippen LogP contribution in [-0.2, 0) is 32.6 Å². The summed E-state index contributed by atoms with van der Waals surface area (Å²) in [4.78, 5) is 30.5.